The normalized spacial score (nSPS) is 16.2. The van der Waals surface area contributed by atoms with E-state index >= 15 is 0 Å². The average Bonchev–Trinajstić information content (AvgIpc) is 3.28. The SMILES string of the molecule is C=CCC1C=C(OC)C(OC(=O)C(Cc2c[nH]c3ccccc23)NC(=O)c2cccnc2)=CC1. The Hall–Kier alpha value is -4.13. The zero-order valence-electron chi connectivity index (χ0n) is 19.0. The lowest BCUT2D eigenvalue weighted by Crippen LogP contribution is -2.43. The van der Waals surface area contributed by atoms with Crippen LogP contribution >= 0.6 is 0 Å². The molecule has 0 bridgehead atoms. The Morgan fingerprint density at radius 1 is 1.26 bits per heavy atom. The van der Waals surface area contributed by atoms with Crippen molar-refractivity contribution >= 4 is 22.8 Å². The summed E-state index contributed by atoms with van der Waals surface area (Å²) in [7, 11) is 1.54. The van der Waals surface area contributed by atoms with E-state index in [2.05, 4.69) is 21.9 Å². The number of hydrogen-bond acceptors (Lipinski definition) is 5. The number of ether oxygens (including phenoxy) is 2. The van der Waals surface area contributed by atoms with Crippen LogP contribution in [0.4, 0.5) is 0 Å². The van der Waals surface area contributed by atoms with E-state index in [1.807, 2.05) is 48.7 Å². The number of nitrogens with one attached hydrogen (secondary N) is 2. The number of fused-ring (bicyclic) bond motifs is 1. The molecule has 1 aromatic carbocycles. The summed E-state index contributed by atoms with van der Waals surface area (Å²) in [6.45, 7) is 3.78. The molecule has 2 N–H and O–H groups in total. The number of benzene rings is 1. The quantitative estimate of drug-likeness (QED) is 0.366. The van der Waals surface area contributed by atoms with E-state index in [1.54, 1.807) is 18.3 Å². The van der Waals surface area contributed by atoms with E-state index in [9.17, 15) is 9.59 Å². The van der Waals surface area contributed by atoms with E-state index in [0.717, 1.165) is 22.9 Å². The molecule has 0 spiro atoms. The van der Waals surface area contributed by atoms with Gasteiger partial charge < -0.3 is 19.8 Å². The maximum atomic E-state index is 13.3. The maximum absolute atomic E-state index is 13.3. The minimum atomic E-state index is -0.920. The van der Waals surface area contributed by atoms with Gasteiger partial charge in [-0.2, -0.15) is 0 Å². The number of para-hydroxylation sites is 1. The molecular weight excluding hydrogens is 430 g/mol. The molecule has 7 nitrogen and oxygen atoms in total. The van der Waals surface area contributed by atoms with E-state index in [1.165, 1.54) is 13.3 Å². The molecule has 0 saturated heterocycles. The topological polar surface area (TPSA) is 93.3 Å². The van der Waals surface area contributed by atoms with E-state index in [-0.39, 0.29) is 12.3 Å². The number of aromatic amines is 1. The molecule has 34 heavy (non-hydrogen) atoms. The van der Waals surface area contributed by atoms with Crippen molar-refractivity contribution in [2.75, 3.05) is 7.11 Å². The summed E-state index contributed by atoms with van der Waals surface area (Å²) in [5.41, 5.74) is 2.21. The molecule has 4 rings (SSSR count). The highest BCUT2D eigenvalue weighted by molar-refractivity contribution is 5.97. The second-order valence-electron chi connectivity index (χ2n) is 8.08. The van der Waals surface area contributed by atoms with Crippen LogP contribution in [0.1, 0.15) is 28.8 Å². The first-order chi connectivity index (χ1) is 16.6. The Labute approximate surface area is 198 Å². The lowest BCUT2D eigenvalue weighted by atomic mass is 9.95. The van der Waals surface area contributed by atoms with Crippen LogP contribution in [0.25, 0.3) is 10.9 Å². The smallest absolute Gasteiger partial charge is 0.334 e. The van der Waals surface area contributed by atoms with Gasteiger partial charge in [-0.3, -0.25) is 9.78 Å². The van der Waals surface area contributed by atoms with Gasteiger partial charge in [0.1, 0.15) is 6.04 Å². The molecule has 1 aliphatic rings. The van der Waals surface area contributed by atoms with Crippen LogP contribution in [0.3, 0.4) is 0 Å². The highest BCUT2D eigenvalue weighted by Gasteiger charge is 2.28. The third-order valence-electron chi connectivity index (χ3n) is 5.75. The van der Waals surface area contributed by atoms with Crippen LogP contribution in [0.2, 0.25) is 0 Å². The number of amides is 1. The number of aromatic nitrogens is 2. The highest BCUT2D eigenvalue weighted by Crippen LogP contribution is 2.27. The summed E-state index contributed by atoms with van der Waals surface area (Å²) >= 11 is 0. The minimum Gasteiger partial charge on any atom is -0.493 e. The number of H-pyrrole nitrogens is 1. The van der Waals surface area contributed by atoms with Crippen LogP contribution < -0.4 is 5.32 Å². The monoisotopic (exact) mass is 457 g/mol. The molecule has 0 fully saturated rings. The Morgan fingerprint density at radius 2 is 2.12 bits per heavy atom. The van der Waals surface area contributed by atoms with Crippen molar-refractivity contribution in [3.05, 3.63) is 102 Å². The molecular formula is C27H27N3O4. The standard InChI is InChI=1S/C27H27N3O4/c1-3-7-18-11-12-24(25(14-18)33-2)34-27(32)23(30-26(31)19-8-6-13-28-16-19)15-20-17-29-22-10-5-4-9-21(20)22/h3-6,8-10,12-14,16-18,23,29H,1,7,11,15H2,2H3,(H,30,31). The first kappa shape index (κ1) is 23.0. The molecule has 0 saturated carbocycles. The van der Waals surface area contributed by atoms with Crippen LogP contribution in [-0.4, -0.2) is 35.0 Å². The molecule has 2 unspecified atom stereocenters. The Balaban J connectivity index is 1.57. The Morgan fingerprint density at radius 3 is 2.88 bits per heavy atom. The summed E-state index contributed by atoms with van der Waals surface area (Å²) in [6, 6.07) is 10.2. The number of nitrogens with zero attached hydrogens (tertiary/aromatic N) is 1. The first-order valence-corrected chi connectivity index (χ1v) is 11.1. The second-order valence-corrected chi connectivity index (χ2v) is 8.08. The average molecular weight is 458 g/mol. The lowest BCUT2D eigenvalue weighted by molar-refractivity contribution is -0.141. The van der Waals surface area contributed by atoms with Gasteiger partial charge in [0.05, 0.1) is 12.7 Å². The van der Waals surface area contributed by atoms with Gasteiger partial charge in [-0.1, -0.05) is 24.3 Å². The number of carbonyl (C=O) groups is 2. The van der Waals surface area contributed by atoms with E-state index in [4.69, 9.17) is 9.47 Å². The van der Waals surface area contributed by atoms with Crippen molar-refractivity contribution in [2.45, 2.75) is 25.3 Å². The Bertz CT molecular complexity index is 1240. The molecule has 2 aromatic heterocycles. The summed E-state index contributed by atoms with van der Waals surface area (Å²) in [5, 5.41) is 3.80. The maximum Gasteiger partial charge on any atom is 0.334 e. The first-order valence-electron chi connectivity index (χ1n) is 11.1. The highest BCUT2D eigenvalue weighted by atomic mass is 16.6. The molecule has 2 heterocycles. The number of carbonyl (C=O) groups excluding carboxylic acids is 2. The van der Waals surface area contributed by atoms with Crippen molar-refractivity contribution in [1.29, 1.82) is 0 Å². The van der Waals surface area contributed by atoms with Crippen LogP contribution in [0.5, 0.6) is 0 Å². The summed E-state index contributed by atoms with van der Waals surface area (Å²) in [5.74, 6) is 0.116. The summed E-state index contributed by atoms with van der Waals surface area (Å²) in [4.78, 5) is 33.4. The predicted molar refractivity (Wildman–Crippen MR) is 130 cm³/mol. The van der Waals surface area contributed by atoms with Gasteiger partial charge in [0.2, 0.25) is 0 Å². The van der Waals surface area contributed by atoms with Crippen molar-refractivity contribution in [1.82, 2.24) is 15.3 Å². The largest absolute Gasteiger partial charge is 0.493 e. The van der Waals surface area contributed by atoms with Crippen LogP contribution in [0, 0.1) is 5.92 Å². The summed E-state index contributed by atoms with van der Waals surface area (Å²) in [6.07, 6.45) is 12.3. The number of methoxy groups -OCH3 is 1. The minimum absolute atomic E-state index is 0.238. The fourth-order valence-corrected chi connectivity index (χ4v) is 3.99. The van der Waals surface area contributed by atoms with Crippen molar-refractivity contribution < 1.29 is 19.1 Å². The van der Waals surface area contributed by atoms with Crippen molar-refractivity contribution in [2.24, 2.45) is 5.92 Å². The zero-order chi connectivity index (χ0) is 23.9. The van der Waals surface area contributed by atoms with Gasteiger partial charge in [0.25, 0.3) is 5.91 Å². The molecule has 0 aliphatic heterocycles. The van der Waals surface area contributed by atoms with Gasteiger partial charge >= 0.3 is 5.97 Å². The molecule has 3 aromatic rings. The van der Waals surface area contributed by atoms with E-state index in [0.29, 0.717) is 23.5 Å². The molecule has 0 radical (unpaired) electrons. The number of pyridine rings is 1. The number of allylic oxidation sites excluding steroid dienone is 3. The Kier molecular flexibility index (Phi) is 7.22. The third kappa shape index (κ3) is 5.26. The number of hydrogen-bond donors (Lipinski definition) is 2. The number of esters is 1. The molecule has 174 valence electrons. The zero-order valence-corrected chi connectivity index (χ0v) is 19.0. The molecule has 2 atom stereocenters. The van der Waals surface area contributed by atoms with Gasteiger partial charge in [0, 0.05) is 35.9 Å². The van der Waals surface area contributed by atoms with Crippen LogP contribution in [-0.2, 0) is 20.7 Å². The fourth-order valence-electron chi connectivity index (χ4n) is 3.99. The van der Waals surface area contributed by atoms with Gasteiger partial charge in [-0.05, 0) is 54.7 Å². The molecule has 7 heteroatoms. The van der Waals surface area contributed by atoms with Gasteiger partial charge in [-0.25, -0.2) is 4.79 Å². The van der Waals surface area contributed by atoms with Gasteiger partial charge in [0.15, 0.2) is 11.5 Å². The third-order valence-corrected chi connectivity index (χ3v) is 5.75. The van der Waals surface area contributed by atoms with Crippen molar-refractivity contribution in [3.63, 3.8) is 0 Å². The van der Waals surface area contributed by atoms with E-state index < -0.39 is 17.9 Å². The molecule has 1 aliphatic carbocycles. The fraction of sp³-hybridized carbons (Fsp3) is 0.222. The summed E-state index contributed by atoms with van der Waals surface area (Å²) < 4.78 is 11.2. The number of rotatable bonds is 9. The van der Waals surface area contributed by atoms with Gasteiger partial charge in [-0.15, -0.1) is 6.58 Å². The molecule has 1 amide bonds. The van der Waals surface area contributed by atoms with Crippen molar-refractivity contribution in [3.8, 4) is 0 Å². The lowest BCUT2D eigenvalue weighted by Gasteiger charge is -2.22. The second kappa shape index (κ2) is 10.7. The predicted octanol–water partition coefficient (Wildman–Crippen LogP) is 4.46. The van der Waals surface area contributed by atoms with Crippen LogP contribution in [0.15, 0.2) is 91.3 Å².